The van der Waals surface area contributed by atoms with Crippen LogP contribution in [0.15, 0.2) is 30.3 Å². The molecule has 0 unspecified atom stereocenters. The zero-order valence-corrected chi connectivity index (χ0v) is 10.7. The third-order valence-electron chi connectivity index (χ3n) is 3.66. The second-order valence-electron chi connectivity index (χ2n) is 4.78. The standard InChI is InChI=1S/C15H19FO2/c1-2-18-14(17)13-10-6-7-11-15(13,16)12-8-4-3-5-9-12/h3-5,8-9,13H,2,6-7,10-11H2,1H3/t13-,15-/m0/s1. The minimum absolute atomic E-state index is 0.306. The number of hydrogen-bond acceptors (Lipinski definition) is 2. The van der Waals surface area contributed by atoms with Gasteiger partial charge in [0.2, 0.25) is 0 Å². The molecule has 2 atom stereocenters. The van der Waals surface area contributed by atoms with Gasteiger partial charge in [-0.2, -0.15) is 0 Å². The van der Waals surface area contributed by atoms with E-state index in [0.717, 1.165) is 12.8 Å². The van der Waals surface area contributed by atoms with Gasteiger partial charge in [0.15, 0.2) is 0 Å². The third-order valence-corrected chi connectivity index (χ3v) is 3.66. The summed E-state index contributed by atoms with van der Waals surface area (Å²) < 4.78 is 20.3. The highest BCUT2D eigenvalue weighted by atomic mass is 19.1. The van der Waals surface area contributed by atoms with Crippen LogP contribution in [0.4, 0.5) is 4.39 Å². The predicted molar refractivity (Wildman–Crippen MR) is 67.8 cm³/mol. The van der Waals surface area contributed by atoms with E-state index in [1.54, 1.807) is 19.1 Å². The fourth-order valence-electron chi connectivity index (χ4n) is 2.74. The topological polar surface area (TPSA) is 26.3 Å². The average Bonchev–Trinajstić information content (AvgIpc) is 2.40. The summed E-state index contributed by atoms with van der Waals surface area (Å²) in [6.07, 6.45) is 2.69. The maximum absolute atomic E-state index is 15.2. The molecular formula is C15H19FO2. The lowest BCUT2D eigenvalue weighted by Crippen LogP contribution is -2.39. The minimum atomic E-state index is -1.56. The Morgan fingerprint density at radius 1 is 1.39 bits per heavy atom. The van der Waals surface area contributed by atoms with Crippen molar-refractivity contribution in [3.63, 3.8) is 0 Å². The Morgan fingerprint density at radius 2 is 2.11 bits per heavy atom. The van der Waals surface area contributed by atoms with Crippen LogP contribution in [0.3, 0.4) is 0 Å². The van der Waals surface area contributed by atoms with E-state index in [4.69, 9.17) is 4.74 Å². The highest BCUT2D eigenvalue weighted by Gasteiger charge is 2.47. The highest BCUT2D eigenvalue weighted by molar-refractivity contribution is 5.74. The number of hydrogen-bond donors (Lipinski definition) is 0. The van der Waals surface area contributed by atoms with Crippen molar-refractivity contribution in [2.24, 2.45) is 5.92 Å². The number of halogens is 1. The summed E-state index contributed by atoms with van der Waals surface area (Å²) in [5.74, 6) is -1.06. The Bertz CT molecular complexity index is 404. The van der Waals surface area contributed by atoms with E-state index in [2.05, 4.69) is 0 Å². The van der Waals surface area contributed by atoms with E-state index in [9.17, 15) is 4.79 Å². The Hall–Kier alpha value is -1.38. The Labute approximate surface area is 107 Å². The van der Waals surface area contributed by atoms with Gasteiger partial charge in [0, 0.05) is 0 Å². The van der Waals surface area contributed by atoms with Gasteiger partial charge in [-0.3, -0.25) is 4.79 Å². The average molecular weight is 250 g/mol. The number of ether oxygens (including phenoxy) is 1. The molecule has 0 heterocycles. The maximum Gasteiger partial charge on any atom is 0.312 e. The zero-order chi connectivity index (χ0) is 13.0. The third kappa shape index (κ3) is 2.40. The van der Waals surface area contributed by atoms with Gasteiger partial charge in [-0.15, -0.1) is 0 Å². The van der Waals surface area contributed by atoms with Gasteiger partial charge in [0.25, 0.3) is 0 Å². The molecule has 0 aromatic heterocycles. The summed E-state index contributed by atoms with van der Waals surface area (Å²) in [5, 5.41) is 0. The van der Waals surface area contributed by atoms with E-state index in [0.29, 0.717) is 25.0 Å². The van der Waals surface area contributed by atoms with Gasteiger partial charge in [0.1, 0.15) is 5.67 Å². The van der Waals surface area contributed by atoms with Crippen molar-refractivity contribution in [1.82, 2.24) is 0 Å². The van der Waals surface area contributed by atoms with E-state index in [1.807, 2.05) is 18.2 Å². The van der Waals surface area contributed by atoms with Crippen molar-refractivity contribution in [3.8, 4) is 0 Å². The lowest BCUT2D eigenvalue weighted by Gasteiger charge is -2.36. The zero-order valence-electron chi connectivity index (χ0n) is 10.7. The first-order valence-electron chi connectivity index (χ1n) is 6.59. The van der Waals surface area contributed by atoms with Crippen LogP contribution in [0.1, 0.15) is 38.2 Å². The minimum Gasteiger partial charge on any atom is -0.466 e. The lowest BCUT2D eigenvalue weighted by atomic mass is 9.73. The molecule has 1 aliphatic rings. The van der Waals surface area contributed by atoms with Gasteiger partial charge in [-0.1, -0.05) is 36.8 Å². The summed E-state index contributed by atoms with van der Waals surface area (Å²) in [6, 6.07) is 9.01. The number of carbonyl (C=O) groups excluding carboxylic acids is 1. The molecule has 18 heavy (non-hydrogen) atoms. The smallest absolute Gasteiger partial charge is 0.312 e. The molecule has 1 saturated carbocycles. The van der Waals surface area contributed by atoms with E-state index < -0.39 is 17.6 Å². The van der Waals surface area contributed by atoms with Gasteiger partial charge < -0.3 is 4.74 Å². The SMILES string of the molecule is CCOC(=O)[C@@H]1CCCC[C@]1(F)c1ccccc1. The summed E-state index contributed by atoms with van der Waals surface area (Å²) in [7, 11) is 0. The number of rotatable bonds is 3. The molecule has 0 radical (unpaired) electrons. The van der Waals surface area contributed by atoms with Gasteiger partial charge in [-0.05, 0) is 31.7 Å². The van der Waals surface area contributed by atoms with Crippen molar-refractivity contribution in [3.05, 3.63) is 35.9 Å². The van der Waals surface area contributed by atoms with Crippen molar-refractivity contribution in [2.75, 3.05) is 6.61 Å². The van der Waals surface area contributed by atoms with Crippen LogP contribution in [-0.2, 0) is 15.2 Å². The summed E-state index contributed by atoms with van der Waals surface area (Å²) >= 11 is 0. The summed E-state index contributed by atoms with van der Waals surface area (Å²) in [5.41, 5.74) is -0.964. The molecule has 1 aromatic rings. The Balaban J connectivity index is 2.29. The van der Waals surface area contributed by atoms with Crippen molar-refractivity contribution < 1.29 is 13.9 Å². The van der Waals surface area contributed by atoms with Crippen LogP contribution >= 0.6 is 0 Å². The number of alkyl halides is 1. The number of benzene rings is 1. The van der Waals surface area contributed by atoms with Crippen molar-refractivity contribution >= 4 is 5.97 Å². The summed E-state index contributed by atoms with van der Waals surface area (Å²) in [4.78, 5) is 11.9. The first kappa shape index (κ1) is 13.1. The lowest BCUT2D eigenvalue weighted by molar-refractivity contribution is -0.157. The van der Waals surface area contributed by atoms with Gasteiger partial charge in [-0.25, -0.2) is 4.39 Å². The van der Waals surface area contributed by atoms with Crippen molar-refractivity contribution in [2.45, 2.75) is 38.3 Å². The number of carbonyl (C=O) groups is 1. The van der Waals surface area contributed by atoms with Crippen LogP contribution in [0.5, 0.6) is 0 Å². The van der Waals surface area contributed by atoms with E-state index in [-0.39, 0.29) is 0 Å². The number of esters is 1. The highest BCUT2D eigenvalue weighted by Crippen LogP contribution is 2.45. The summed E-state index contributed by atoms with van der Waals surface area (Å²) in [6.45, 7) is 2.06. The molecular weight excluding hydrogens is 231 g/mol. The molecule has 3 heteroatoms. The maximum atomic E-state index is 15.2. The molecule has 0 aliphatic heterocycles. The normalized spacial score (nSPS) is 27.8. The van der Waals surface area contributed by atoms with E-state index in [1.165, 1.54) is 0 Å². The van der Waals surface area contributed by atoms with Crippen molar-refractivity contribution in [1.29, 1.82) is 0 Å². The molecule has 0 N–H and O–H groups in total. The quantitative estimate of drug-likeness (QED) is 0.766. The second kappa shape index (κ2) is 5.51. The second-order valence-corrected chi connectivity index (χ2v) is 4.78. The molecule has 98 valence electrons. The van der Waals surface area contributed by atoms with Crippen LogP contribution in [0.25, 0.3) is 0 Å². The molecule has 2 rings (SSSR count). The Kier molecular flexibility index (Phi) is 4.00. The van der Waals surface area contributed by atoms with Crippen LogP contribution in [0.2, 0.25) is 0 Å². The van der Waals surface area contributed by atoms with Gasteiger partial charge in [0.05, 0.1) is 12.5 Å². The molecule has 0 bridgehead atoms. The Morgan fingerprint density at radius 3 is 2.78 bits per heavy atom. The fraction of sp³-hybridized carbons (Fsp3) is 0.533. The van der Waals surface area contributed by atoms with Crippen LogP contribution in [0, 0.1) is 5.92 Å². The van der Waals surface area contributed by atoms with Gasteiger partial charge >= 0.3 is 5.97 Å². The first-order valence-corrected chi connectivity index (χ1v) is 6.59. The molecule has 0 amide bonds. The first-order chi connectivity index (χ1) is 8.68. The van der Waals surface area contributed by atoms with E-state index >= 15 is 4.39 Å². The van der Waals surface area contributed by atoms with Crippen LogP contribution in [-0.4, -0.2) is 12.6 Å². The molecule has 2 nitrogen and oxygen atoms in total. The molecule has 1 aromatic carbocycles. The molecule has 0 saturated heterocycles. The largest absolute Gasteiger partial charge is 0.466 e. The molecule has 1 aliphatic carbocycles. The molecule has 1 fully saturated rings. The molecule has 0 spiro atoms. The van der Waals surface area contributed by atoms with Crippen LogP contribution < -0.4 is 0 Å². The predicted octanol–water partition coefficient (Wildman–Crippen LogP) is 3.60. The fourth-order valence-corrected chi connectivity index (χ4v) is 2.74. The monoisotopic (exact) mass is 250 g/mol.